The van der Waals surface area contributed by atoms with E-state index in [4.69, 9.17) is 16.6 Å². The van der Waals surface area contributed by atoms with Crippen molar-refractivity contribution in [3.8, 4) is 10.4 Å². The van der Waals surface area contributed by atoms with Crippen LogP contribution in [-0.4, -0.2) is 17.8 Å². The van der Waals surface area contributed by atoms with Crippen LogP contribution in [0.15, 0.2) is 24.3 Å². The van der Waals surface area contributed by atoms with E-state index in [9.17, 15) is 0 Å². The highest BCUT2D eigenvalue weighted by Crippen LogP contribution is 2.43. The summed E-state index contributed by atoms with van der Waals surface area (Å²) in [4.78, 5) is 11.5. The number of halogens is 1. The maximum atomic E-state index is 6.42. The van der Waals surface area contributed by atoms with Crippen LogP contribution in [0.5, 0.6) is 0 Å². The van der Waals surface area contributed by atoms with Gasteiger partial charge in [0.15, 0.2) is 0 Å². The van der Waals surface area contributed by atoms with Crippen molar-refractivity contribution in [2.45, 2.75) is 25.7 Å². The minimum Gasteiger partial charge on any atom is -0.222 e. The summed E-state index contributed by atoms with van der Waals surface area (Å²) in [5.41, 5.74) is 3.68. The fourth-order valence-corrected chi connectivity index (χ4v) is 4.18. The Morgan fingerprint density at radius 2 is 1.90 bits per heavy atom. The van der Waals surface area contributed by atoms with Crippen molar-refractivity contribution in [1.82, 2.24) is 9.97 Å². The first-order chi connectivity index (χ1) is 10.1. The highest BCUT2D eigenvalue weighted by Gasteiger charge is 2.28. The number of thiophene rings is 1. The minimum absolute atomic E-state index is 0.525. The van der Waals surface area contributed by atoms with Crippen molar-refractivity contribution < 1.29 is 0 Å². The highest BCUT2D eigenvalue weighted by atomic mass is 35.5. The van der Waals surface area contributed by atoms with Crippen molar-refractivity contribution in [1.29, 1.82) is 0 Å². The van der Waals surface area contributed by atoms with Crippen molar-refractivity contribution in [3.63, 3.8) is 0 Å². The van der Waals surface area contributed by atoms with Gasteiger partial charge in [0.2, 0.25) is 0 Å². The molecule has 1 saturated carbocycles. The molecule has 4 rings (SSSR count). The third-order valence-corrected chi connectivity index (χ3v) is 5.53. The number of hydrogen-bond acceptors (Lipinski definition) is 3. The number of aryl methyl sites for hydroxylation is 1. The number of benzene rings is 1. The van der Waals surface area contributed by atoms with Crippen LogP contribution in [0.25, 0.3) is 20.7 Å². The molecule has 21 heavy (non-hydrogen) atoms. The van der Waals surface area contributed by atoms with E-state index in [0.717, 1.165) is 16.0 Å². The Balaban J connectivity index is 1.92. The van der Waals surface area contributed by atoms with Crippen LogP contribution in [0.3, 0.4) is 0 Å². The summed E-state index contributed by atoms with van der Waals surface area (Å²) in [5.74, 6) is 1.45. The van der Waals surface area contributed by atoms with Crippen LogP contribution in [0.4, 0.5) is 0 Å². The van der Waals surface area contributed by atoms with Gasteiger partial charge in [-0.2, -0.15) is 0 Å². The molecule has 0 amide bonds. The van der Waals surface area contributed by atoms with Gasteiger partial charge in [-0.1, -0.05) is 41.3 Å². The van der Waals surface area contributed by atoms with E-state index in [1.807, 2.05) is 0 Å². The Labute approximate surface area is 133 Å². The molecule has 0 saturated heterocycles. The van der Waals surface area contributed by atoms with Gasteiger partial charge in [-0.3, -0.25) is 0 Å². The first kappa shape index (κ1) is 13.3. The summed E-state index contributed by atoms with van der Waals surface area (Å²) in [6, 6.07) is 8.61. The predicted octanol–water partition coefficient (Wildman–Crippen LogP) is 3.46. The molecule has 104 valence electrons. The zero-order chi connectivity index (χ0) is 14.6. The van der Waals surface area contributed by atoms with Crippen LogP contribution >= 0.6 is 22.9 Å². The normalized spacial score (nSPS) is 14.8. The monoisotopic (exact) mass is 312 g/mol. The van der Waals surface area contributed by atoms with Gasteiger partial charge in [0.05, 0.1) is 5.39 Å². The predicted molar refractivity (Wildman–Crippen MR) is 92.8 cm³/mol. The fraction of sp³-hybridized carbons (Fsp3) is 0.250. The van der Waals surface area contributed by atoms with Crippen LogP contribution in [0.1, 0.15) is 30.1 Å². The molecule has 2 aromatic heterocycles. The van der Waals surface area contributed by atoms with Crippen molar-refractivity contribution in [2.24, 2.45) is 0 Å². The number of nitrogens with zero attached hydrogens (tertiary/aromatic N) is 2. The zero-order valence-electron chi connectivity index (χ0n) is 12.0. The number of aromatic nitrogens is 2. The average Bonchev–Trinajstić information content (AvgIpc) is 3.25. The molecular weight excluding hydrogens is 299 g/mol. The van der Waals surface area contributed by atoms with Crippen LogP contribution in [0, 0.1) is 6.92 Å². The molecule has 0 aliphatic heterocycles. The van der Waals surface area contributed by atoms with Crippen molar-refractivity contribution in [2.75, 3.05) is 0 Å². The number of hydrogen-bond donors (Lipinski definition) is 0. The molecule has 1 fully saturated rings. The molecule has 2 nitrogen and oxygen atoms in total. The van der Waals surface area contributed by atoms with E-state index >= 15 is 0 Å². The van der Waals surface area contributed by atoms with Gasteiger partial charge in [-0.05, 0) is 30.9 Å². The smallest absolute Gasteiger partial charge is 0.141 e. The first-order valence-corrected chi connectivity index (χ1v) is 8.36. The maximum Gasteiger partial charge on any atom is 0.141 e. The van der Waals surface area contributed by atoms with E-state index in [2.05, 4.69) is 44.0 Å². The fourth-order valence-electron chi connectivity index (χ4n) is 2.61. The van der Waals surface area contributed by atoms with Crippen molar-refractivity contribution >= 4 is 46.5 Å². The van der Waals surface area contributed by atoms with E-state index in [1.54, 1.807) is 11.3 Å². The molecule has 1 aliphatic rings. The Morgan fingerprint density at radius 3 is 2.57 bits per heavy atom. The standard InChI is InChI=1S/C16H14BClN2S/c1-8-12-14(18)19-15(10-2-3-10)20-16(12)21-13(8)9-4-6-11(17)7-5-9/h4-7,10H,2-3,17H2,1H3. The molecule has 2 heterocycles. The summed E-state index contributed by atoms with van der Waals surface area (Å²) < 4.78 is 0. The quantitative estimate of drug-likeness (QED) is 0.535. The zero-order valence-corrected chi connectivity index (χ0v) is 13.6. The third-order valence-electron chi connectivity index (χ3n) is 4.02. The minimum atomic E-state index is 0.525. The molecule has 0 N–H and O–H groups in total. The van der Waals surface area contributed by atoms with E-state index in [1.165, 1.54) is 34.3 Å². The van der Waals surface area contributed by atoms with E-state index in [-0.39, 0.29) is 0 Å². The topological polar surface area (TPSA) is 25.8 Å². The van der Waals surface area contributed by atoms with Crippen LogP contribution < -0.4 is 5.46 Å². The summed E-state index contributed by atoms with van der Waals surface area (Å²) >= 11 is 8.14. The number of rotatable bonds is 2. The van der Waals surface area contributed by atoms with Gasteiger partial charge in [0.25, 0.3) is 0 Å². The molecule has 3 aromatic rings. The summed E-state index contributed by atoms with van der Waals surface area (Å²) in [6.07, 6.45) is 2.38. The summed E-state index contributed by atoms with van der Waals surface area (Å²) in [6.45, 7) is 2.11. The van der Waals surface area contributed by atoms with Gasteiger partial charge in [-0.25, -0.2) is 9.97 Å². The molecule has 0 bridgehead atoms. The van der Waals surface area contributed by atoms with Gasteiger partial charge >= 0.3 is 0 Å². The SMILES string of the molecule is Bc1ccc(-c2sc3nc(C4CC4)nc(Cl)c3c2C)cc1. The number of fused-ring (bicyclic) bond motifs is 1. The lowest BCUT2D eigenvalue weighted by Crippen LogP contribution is -1.98. The molecule has 5 heteroatoms. The lowest BCUT2D eigenvalue weighted by atomic mass is 9.94. The van der Waals surface area contributed by atoms with E-state index in [0.29, 0.717) is 11.1 Å². The highest BCUT2D eigenvalue weighted by molar-refractivity contribution is 7.22. The molecule has 1 aliphatic carbocycles. The lowest BCUT2D eigenvalue weighted by Gasteiger charge is -2.01. The van der Waals surface area contributed by atoms with Gasteiger partial charge in [0.1, 0.15) is 23.7 Å². The second-order valence-corrected chi connectivity index (χ2v) is 7.11. The van der Waals surface area contributed by atoms with Crippen LogP contribution in [0.2, 0.25) is 5.15 Å². The molecule has 1 aromatic carbocycles. The molecule has 0 unspecified atom stereocenters. The van der Waals surface area contributed by atoms with Gasteiger partial charge in [-0.15, -0.1) is 11.3 Å². The second-order valence-electron chi connectivity index (χ2n) is 5.75. The molecule has 0 spiro atoms. The lowest BCUT2D eigenvalue weighted by molar-refractivity contribution is 0.951. The summed E-state index contributed by atoms with van der Waals surface area (Å²) in [5, 5.41) is 1.62. The second kappa shape index (κ2) is 4.82. The van der Waals surface area contributed by atoms with Crippen LogP contribution in [-0.2, 0) is 0 Å². The van der Waals surface area contributed by atoms with Gasteiger partial charge in [0, 0.05) is 10.8 Å². The Hall–Kier alpha value is -1.39. The first-order valence-electron chi connectivity index (χ1n) is 7.17. The van der Waals surface area contributed by atoms with Crippen molar-refractivity contribution in [3.05, 3.63) is 40.8 Å². The van der Waals surface area contributed by atoms with E-state index < -0.39 is 0 Å². The molecule has 0 atom stereocenters. The maximum absolute atomic E-state index is 6.42. The largest absolute Gasteiger partial charge is 0.222 e. The Kier molecular flexibility index (Phi) is 3.05. The molecule has 0 radical (unpaired) electrons. The van der Waals surface area contributed by atoms with Gasteiger partial charge < -0.3 is 0 Å². The average molecular weight is 313 g/mol. The Morgan fingerprint density at radius 1 is 1.19 bits per heavy atom. The molecular formula is C16H14BClN2S. The Bertz CT molecular complexity index is 838. The summed E-state index contributed by atoms with van der Waals surface area (Å²) in [7, 11) is 2.10. The third kappa shape index (κ3) is 2.27.